The molecule has 11 heteroatoms. The van der Waals surface area contributed by atoms with Crippen molar-refractivity contribution in [2.24, 2.45) is 0 Å². The SMILES string of the molecule is C#Cc1c(F)ccc2cc(O)cc(-c3ncc4c(N5CC6CCC(C5)N6)nc(OCC56CC[C@H](COC)N5CC(=C)C6)nc4c3F)c12. The molecule has 0 aliphatic carbocycles. The molecular weight excluding hydrogens is 602 g/mol. The second-order valence-electron chi connectivity index (χ2n) is 13.4. The number of benzene rings is 2. The number of rotatable bonds is 7. The number of terminal acetylenes is 1. The molecule has 0 amide bonds. The molecule has 2 N–H and O–H groups in total. The molecule has 242 valence electrons. The summed E-state index contributed by atoms with van der Waals surface area (Å²) in [6, 6.07) is 6.51. The maximum atomic E-state index is 16.9. The largest absolute Gasteiger partial charge is 0.508 e. The number of pyridine rings is 1. The van der Waals surface area contributed by atoms with Crippen LogP contribution in [0, 0.1) is 24.0 Å². The van der Waals surface area contributed by atoms with Crippen LogP contribution in [0.5, 0.6) is 11.8 Å². The van der Waals surface area contributed by atoms with Gasteiger partial charge in [0.25, 0.3) is 0 Å². The minimum absolute atomic E-state index is 0.0323. The Kier molecular flexibility index (Phi) is 7.28. The second-order valence-corrected chi connectivity index (χ2v) is 13.4. The Hall–Kier alpha value is -4.37. The molecule has 4 atom stereocenters. The Morgan fingerprint density at radius 1 is 1.17 bits per heavy atom. The number of hydrogen-bond acceptors (Lipinski definition) is 9. The number of nitrogens with zero attached hydrogens (tertiary/aromatic N) is 5. The molecular formula is C36H36F2N6O3. The van der Waals surface area contributed by atoms with Crippen molar-refractivity contribution in [2.75, 3.05) is 44.9 Å². The van der Waals surface area contributed by atoms with Crippen molar-refractivity contribution in [1.29, 1.82) is 0 Å². The summed E-state index contributed by atoms with van der Waals surface area (Å²) in [5.74, 6) is 1.47. The summed E-state index contributed by atoms with van der Waals surface area (Å²) in [6.45, 7) is 7.44. The molecule has 4 fully saturated rings. The van der Waals surface area contributed by atoms with Gasteiger partial charge in [-0.3, -0.25) is 9.88 Å². The van der Waals surface area contributed by atoms with Crippen LogP contribution in [-0.4, -0.2) is 88.6 Å². The van der Waals surface area contributed by atoms with Gasteiger partial charge in [0.2, 0.25) is 0 Å². The number of methoxy groups -OCH3 is 1. The van der Waals surface area contributed by atoms with Gasteiger partial charge in [0.15, 0.2) is 5.82 Å². The lowest BCUT2D eigenvalue weighted by Crippen LogP contribution is -2.51. The van der Waals surface area contributed by atoms with Crippen LogP contribution in [0.4, 0.5) is 14.6 Å². The van der Waals surface area contributed by atoms with Crippen molar-refractivity contribution in [2.45, 2.75) is 55.8 Å². The van der Waals surface area contributed by atoms with E-state index in [2.05, 4.69) is 37.6 Å². The monoisotopic (exact) mass is 638 g/mol. The number of phenols is 1. The highest BCUT2D eigenvalue weighted by Crippen LogP contribution is 2.45. The number of hydrogen-bond donors (Lipinski definition) is 2. The quantitative estimate of drug-likeness (QED) is 0.216. The molecule has 0 saturated carbocycles. The first-order chi connectivity index (χ1) is 22.8. The molecule has 2 bridgehead atoms. The highest BCUT2D eigenvalue weighted by atomic mass is 19.1. The third kappa shape index (κ3) is 4.98. The van der Waals surface area contributed by atoms with Crippen molar-refractivity contribution < 1.29 is 23.4 Å². The van der Waals surface area contributed by atoms with E-state index in [0.29, 0.717) is 55.0 Å². The lowest BCUT2D eigenvalue weighted by Gasteiger charge is -2.35. The molecule has 4 aliphatic rings. The average molecular weight is 639 g/mol. The van der Waals surface area contributed by atoms with E-state index < -0.39 is 11.6 Å². The highest BCUT2D eigenvalue weighted by molar-refractivity contribution is 6.03. The van der Waals surface area contributed by atoms with E-state index in [0.717, 1.165) is 44.2 Å². The van der Waals surface area contributed by atoms with Crippen molar-refractivity contribution >= 4 is 27.5 Å². The molecule has 8 rings (SSSR count). The number of halogens is 2. The van der Waals surface area contributed by atoms with Gasteiger partial charge in [-0.15, -0.1) is 6.42 Å². The number of fused-ring (bicyclic) bond motifs is 5. The van der Waals surface area contributed by atoms with E-state index in [9.17, 15) is 9.50 Å². The number of aromatic hydroxyl groups is 1. The molecule has 4 aromatic rings. The van der Waals surface area contributed by atoms with Gasteiger partial charge in [0, 0.05) is 62.0 Å². The Bertz CT molecular complexity index is 1970. The van der Waals surface area contributed by atoms with E-state index in [1.807, 2.05) is 0 Å². The first-order valence-electron chi connectivity index (χ1n) is 16.1. The van der Waals surface area contributed by atoms with Crippen molar-refractivity contribution in [1.82, 2.24) is 25.2 Å². The molecule has 6 heterocycles. The second kappa shape index (κ2) is 11.4. The van der Waals surface area contributed by atoms with Crippen LogP contribution < -0.4 is 15.0 Å². The Morgan fingerprint density at radius 2 is 1.98 bits per heavy atom. The van der Waals surface area contributed by atoms with Crippen LogP contribution in [0.1, 0.15) is 37.7 Å². The van der Waals surface area contributed by atoms with E-state index in [1.54, 1.807) is 13.3 Å². The van der Waals surface area contributed by atoms with Gasteiger partial charge in [-0.25, -0.2) is 8.78 Å². The van der Waals surface area contributed by atoms with Gasteiger partial charge in [-0.2, -0.15) is 9.97 Å². The van der Waals surface area contributed by atoms with Gasteiger partial charge in [-0.05, 0) is 55.7 Å². The summed E-state index contributed by atoms with van der Waals surface area (Å²) >= 11 is 0. The van der Waals surface area contributed by atoms with Gasteiger partial charge in [0.05, 0.1) is 23.1 Å². The Morgan fingerprint density at radius 3 is 2.74 bits per heavy atom. The van der Waals surface area contributed by atoms with Crippen LogP contribution in [0.15, 0.2) is 42.6 Å². The smallest absolute Gasteiger partial charge is 0.319 e. The van der Waals surface area contributed by atoms with E-state index in [4.69, 9.17) is 20.9 Å². The zero-order chi connectivity index (χ0) is 32.4. The van der Waals surface area contributed by atoms with Gasteiger partial charge < -0.3 is 24.8 Å². The summed E-state index contributed by atoms with van der Waals surface area (Å²) in [6.07, 6.45) is 12.1. The van der Waals surface area contributed by atoms with Crippen LogP contribution in [0.25, 0.3) is 32.9 Å². The third-order valence-corrected chi connectivity index (χ3v) is 10.4. The molecule has 47 heavy (non-hydrogen) atoms. The maximum Gasteiger partial charge on any atom is 0.319 e. The molecule has 4 saturated heterocycles. The summed E-state index contributed by atoms with van der Waals surface area (Å²) < 4.78 is 43.7. The van der Waals surface area contributed by atoms with Gasteiger partial charge in [0.1, 0.15) is 35.2 Å². The summed E-state index contributed by atoms with van der Waals surface area (Å²) in [5.41, 5.74) is 0.951. The van der Waals surface area contributed by atoms with Crippen LogP contribution in [0.3, 0.4) is 0 Å². The average Bonchev–Trinajstić information content (AvgIpc) is 3.69. The number of anilines is 1. The number of ether oxygens (including phenoxy) is 2. The summed E-state index contributed by atoms with van der Waals surface area (Å²) in [4.78, 5) is 18.7. The standard InChI is InChI=1S/C36H36F2N6O3/c1-4-26-29(37)8-5-21-11-25(45)12-27(30(21)26)32-31(38)33-28(14-39-32)34(43-16-22-6-7-23(17-43)40-22)42-35(41-33)47-19-36-10-9-24(18-46-3)44(36)15-20(2)13-36/h1,5,8,11-12,14,22-24,40,45H,2,6-7,9-10,13,15-19H2,3H3/t22?,23?,24-,36?/m1/s1. The minimum Gasteiger partial charge on any atom is -0.508 e. The number of piperazine rings is 1. The van der Waals surface area contributed by atoms with Crippen molar-refractivity contribution in [3.8, 4) is 35.4 Å². The number of aromatic nitrogens is 3. The summed E-state index contributed by atoms with van der Waals surface area (Å²) in [5, 5.41) is 15.4. The third-order valence-electron chi connectivity index (χ3n) is 10.4. The number of phenolic OH excluding ortho intramolecular Hbond substituents is 1. The Balaban J connectivity index is 1.25. The topological polar surface area (TPSA) is 95.9 Å². The van der Waals surface area contributed by atoms with Crippen LogP contribution in [0.2, 0.25) is 0 Å². The first-order valence-corrected chi connectivity index (χ1v) is 16.1. The zero-order valence-electron chi connectivity index (χ0n) is 26.2. The minimum atomic E-state index is -0.733. The first kappa shape index (κ1) is 30.0. The highest BCUT2D eigenvalue weighted by Gasteiger charge is 2.51. The molecule has 2 aromatic carbocycles. The molecule has 2 aromatic heterocycles. The fourth-order valence-corrected chi connectivity index (χ4v) is 8.38. The van der Waals surface area contributed by atoms with Gasteiger partial charge in [-0.1, -0.05) is 24.1 Å². The lowest BCUT2D eigenvalue weighted by molar-refractivity contribution is 0.0522. The molecule has 4 aliphatic heterocycles. The van der Waals surface area contributed by atoms with E-state index in [-0.39, 0.29) is 51.1 Å². The fourth-order valence-electron chi connectivity index (χ4n) is 8.38. The van der Waals surface area contributed by atoms with Crippen molar-refractivity contribution in [3.63, 3.8) is 0 Å². The predicted molar refractivity (Wildman–Crippen MR) is 176 cm³/mol. The normalized spacial score (nSPS) is 25.5. The molecule has 0 radical (unpaired) electrons. The predicted octanol–water partition coefficient (Wildman–Crippen LogP) is 4.94. The van der Waals surface area contributed by atoms with Gasteiger partial charge >= 0.3 is 6.01 Å². The van der Waals surface area contributed by atoms with Crippen LogP contribution >= 0.6 is 0 Å². The number of nitrogens with one attached hydrogen (secondary N) is 1. The Labute approximate surface area is 271 Å². The van der Waals surface area contributed by atoms with E-state index >= 15 is 4.39 Å². The van der Waals surface area contributed by atoms with E-state index in [1.165, 1.54) is 24.3 Å². The molecule has 0 spiro atoms. The maximum absolute atomic E-state index is 16.9. The summed E-state index contributed by atoms with van der Waals surface area (Å²) in [7, 11) is 1.72. The lowest BCUT2D eigenvalue weighted by atomic mass is 9.94. The van der Waals surface area contributed by atoms with Crippen molar-refractivity contribution in [3.05, 3.63) is 59.8 Å². The fraction of sp³-hybridized carbons (Fsp3) is 0.417. The molecule has 9 nitrogen and oxygen atoms in total. The molecule has 3 unspecified atom stereocenters. The van der Waals surface area contributed by atoms with Crippen LogP contribution in [-0.2, 0) is 4.74 Å². The zero-order valence-corrected chi connectivity index (χ0v) is 26.2.